The summed E-state index contributed by atoms with van der Waals surface area (Å²) >= 11 is 1.73. The molecule has 0 unspecified atom stereocenters. The second kappa shape index (κ2) is 7.21. The maximum atomic E-state index is 12.6. The Kier molecular flexibility index (Phi) is 5.04. The van der Waals surface area contributed by atoms with Gasteiger partial charge in [-0.1, -0.05) is 18.2 Å². The molecule has 0 aliphatic carbocycles. The standard InChI is InChI=1S/C18H23N3O2S/c1-13-14(2)24-18(19-13)21-10-8-20(9-11-21)17(22)12-15-6-4-5-7-16(15)23-3/h4-7H,8-12H2,1-3H3. The number of rotatable bonds is 4. The van der Waals surface area contributed by atoms with Crippen molar-refractivity contribution >= 4 is 22.4 Å². The predicted octanol–water partition coefficient (Wildman–Crippen LogP) is 2.66. The van der Waals surface area contributed by atoms with E-state index in [0.29, 0.717) is 6.42 Å². The van der Waals surface area contributed by atoms with Crippen molar-refractivity contribution in [1.29, 1.82) is 0 Å². The lowest BCUT2D eigenvalue weighted by molar-refractivity contribution is -0.130. The number of piperazine rings is 1. The van der Waals surface area contributed by atoms with Crippen LogP contribution >= 0.6 is 11.3 Å². The van der Waals surface area contributed by atoms with Crippen molar-refractivity contribution in [3.63, 3.8) is 0 Å². The quantitative estimate of drug-likeness (QED) is 0.855. The molecule has 0 saturated carbocycles. The van der Waals surface area contributed by atoms with E-state index < -0.39 is 0 Å². The minimum Gasteiger partial charge on any atom is -0.496 e. The highest BCUT2D eigenvalue weighted by molar-refractivity contribution is 7.15. The highest BCUT2D eigenvalue weighted by Crippen LogP contribution is 2.26. The number of carbonyl (C=O) groups is 1. The van der Waals surface area contributed by atoms with E-state index in [4.69, 9.17) is 4.74 Å². The van der Waals surface area contributed by atoms with Crippen LogP contribution in [0.3, 0.4) is 0 Å². The van der Waals surface area contributed by atoms with Crippen LogP contribution in [0.4, 0.5) is 5.13 Å². The molecule has 5 nitrogen and oxygen atoms in total. The number of amides is 1. The number of hydrogen-bond donors (Lipinski definition) is 0. The average Bonchev–Trinajstić information content (AvgIpc) is 2.94. The van der Waals surface area contributed by atoms with Crippen molar-refractivity contribution in [3.05, 3.63) is 40.4 Å². The van der Waals surface area contributed by atoms with E-state index in [9.17, 15) is 4.79 Å². The van der Waals surface area contributed by atoms with Crippen molar-refractivity contribution in [1.82, 2.24) is 9.88 Å². The Bertz CT molecular complexity index is 701. The average molecular weight is 345 g/mol. The molecule has 1 aliphatic heterocycles. The smallest absolute Gasteiger partial charge is 0.227 e. The molecule has 0 spiro atoms. The van der Waals surface area contributed by atoms with Crippen LogP contribution in [0.25, 0.3) is 0 Å². The van der Waals surface area contributed by atoms with Gasteiger partial charge in [0.2, 0.25) is 5.91 Å². The molecule has 24 heavy (non-hydrogen) atoms. The topological polar surface area (TPSA) is 45.7 Å². The van der Waals surface area contributed by atoms with Crippen LogP contribution in [0.2, 0.25) is 0 Å². The largest absolute Gasteiger partial charge is 0.496 e. The molecule has 1 aliphatic rings. The van der Waals surface area contributed by atoms with Gasteiger partial charge < -0.3 is 14.5 Å². The molecule has 2 aromatic rings. The monoisotopic (exact) mass is 345 g/mol. The molecule has 0 atom stereocenters. The Balaban J connectivity index is 1.59. The van der Waals surface area contributed by atoms with Crippen molar-refractivity contribution < 1.29 is 9.53 Å². The molecule has 128 valence electrons. The first kappa shape index (κ1) is 16.8. The Morgan fingerprint density at radius 2 is 1.92 bits per heavy atom. The van der Waals surface area contributed by atoms with E-state index >= 15 is 0 Å². The number of ether oxygens (including phenoxy) is 1. The SMILES string of the molecule is COc1ccccc1CC(=O)N1CCN(c2nc(C)c(C)s2)CC1. The zero-order valence-electron chi connectivity index (χ0n) is 14.4. The van der Waals surface area contributed by atoms with E-state index in [2.05, 4.69) is 16.8 Å². The highest BCUT2D eigenvalue weighted by Gasteiger charge is 2.23. The lowest BCUT2D eigenvalue weighted by atomic mass is 10.1. The van der Waals surface area contributed by atoms with E-state index in [1.165, 1.54) is 4.88 Å². The normalized spacial score (nSPS) is 14.8. The van der Waals surface area contributed by atoms with Crippen LogP contribution in [0.15, 0.2) is 24.3 Å². The fourth-order valence-corrected chi connectivity index (χ4v) is 3.82. The molecule has 0 radical (unpaired) electrons. The number of benzene rings is 1. The number of methoxy groups -OCH3 is 1. The number of aromatic nitrogens is 1. The van der Waals surface area contributed by atoms with Gasteiger partial charge >= 0.3 is 0 Å². The number of thiazole rings is 1. The fraction of sp³-hybridized carbons (Fsp3) is 0.444. The van der Waals surface area contributed by atoms with Gasteiger partial charge in [-0.2, -0.15) is 0 Å². The molecule has 1 amide bonds. The van der Waals surface area contributed by atoms with Crippen molar-refractivity contribution in [3.8, 4) is 5.75 Å². The third-order valence-electron chi connectivity index (χ3n) is 4.45. The second-order valence-electron chi connectivity index (χ2n) is 5.99. The Morgan fingerprint density at radius 1 is 1.21 bits per heavy atom. The van der Waals surface area contributed by atoms with Crippen molar-refractivity contribution in [2.24, 2.45) is 0 Å². The van der Waals surface area contributed by atoms with Crippen LogP contribution in [0.5, 0.6) is 5.75 Å². The number of hydrogen-bond acceptors (Lipinski definition) is 5. The van der Waals surface area contributed by atoms with Gasteiger partial charge in [-0.15, -0.1) is 11.3 Å². The van der Waals surface area contributed by atoms with Gasteiger partial charge in [0.05, 0.1) is 19.2 Å². The first-order valence-corrected chi connectivity index (χ1v) is 8.99. The summed E-state index contributed by atoms with van der Waals surface area (Å²) in [6.45, 7) is 7.30. The van der Waals surface area contributed by atoms with Gasteiger partial charge in [-0.3, -0.25) is 4.79 Å². The van der Waals surface area contributed by atoms with Crippen LogP contribution in [0.1, 0.15) is 16.1 Å². The molecule has 1 aromatic carbocycles. The molecular weight excluding hydrogens is 322 g/mol. The van der Waals surface area contributed by atoms with Gasteiger partial charge in [-0.05, 0) is 19.9 Å². The molecule has 6 heteroatoms. The van der Waals surface area contributed by atoms with E-state index in [1.54, 1.807) is 18.4 Å². The molecule has 3 rings (SSSR count). The summed E-state index contributed by atoms with van der Waals surface area (Å²) in [4.78, 5) is 22.7. The van der Waals surface area contributed by atoms with Gasteiger partial charge in [0, 0.05) is 36.6 Å². The number of carbonyl (C=O) groups excluding carboxylic acids is 1. The highest BCUT2D eigenvalue weighted by atomic mass is 32.1. The predicted molar refractivity (Wildman–Crippen MR) is 97.1 cm³/mol. The van der Waals surface area contributed by atoms with E-state index in [-0.39, 0.29) is 5.91 Å². The molecule has 0 N–H and O–H groups in total. The van der Waals surface area contributed by atoms with Crippen LogP contribution in [-0.2, 0) is 11.2 Å². The minimum atomic E-state index is 0.158. The molecule has 2 heterocycles. The zero-order chi connectivity index (χ0) is 17.1. The van der Waals surface area contributed by atoms with Crippen molar-refractivity contribution in [2.75, 3.05) is 38.2 Å². The van der Waals surface area contributed by atoms with Gasteiger partial charge in [0.15, 0.2) is 5.13 Å². The third kappa shape index (κ3) is 3.53. The van der Waals surface area contributed by atoms with Crippen LogP contribution in [-0.4, -0.2) is 49.1 Å². The fourth-order valence-electron chi connectivity index (χ4n) is 2.86. The Labute approximate surface area is 146 Å². The summed E-state index contributed by atoms with van der Waals surface area (Å²) in [7, 11) is 1.64. The summed E-state index contributed by atoms with van der Waals surface area (Å²) in [5, 5.41) is 1.07. The molecule has 0 bridgehead atoms. The van der Waals surface area contributed by atoms with E-state index in [0.717, 1.165) is 48.3 Å². The summed E-state index contributed by atoms with van der Waals surface area (Å²) in [6.07, 6.45) is 0.388. The molecule has 1 aromatic heterocycles. The van der Waals surface area contributed by atoms with Crippen LogP contribution in [0, 0.1) is 13.8 Å². The lowest BCUT2D eigenvalue weighted by Crippen LogP contribution is -2.49. The summed E-state index contributed by atoms with van der Waals surface area (Å²) in [5.41, 5.74) is 2.04. The van der Waals surface area contributed by atoms with E-state index in [1.807, 2.05) is 36.1 Å². The van der Waals surface area contributed by atoms with Gasteiger partial charge in [-0.25, -0.2) is 4.98 Å². The maximum absolute atomic E-state index is 12.6. The molecule has 1 saturated heterocycles. The maximum Gasteiger partial charge on any atom is 0.227 e. The van der Waals surface area contributed by atoms with Crippen molar-refractivity contribution in [2.45, 2.75) is 20.3 Å². The third-order valence-corrected chi connectivity index (χ3v) is 5.59. The van der Waals surface area contributed by atoms with Gasteiger partial charge in [0.25, 0.3) is 0 Å². The summed E-state index contributed by atoms with van der Waals surface area (Å²) in [5.74, 6) is 0.934. The number of nitrogens with zero attached hydrogens (tertiary/aromatic N) is 3. The first-order chi connectivity index (χ1) is 11.6. The number of aryl methyl sites for hydroxylation is 2. The summed E-state index contributed by atoms with van der Waals surface area (Å²) in [6, 6.07) is 7.71. The minimum absolute atomic E-state index is 0.158. The van der Waals surface area contributed by atoms with Gasteiger partial charge in [0.1, 0.15) is 5.75 Å². The second-order valence-corrected chi connectivity index (χ2v) is 7.18. The Morgan fingerprint density at radius 3 is 2.54 bits per heavy atom. The lowest BCUT2D eigenvalue weighted by Gasteiger charge is -2.34. The van der Waals surface area contributed by atoms with Crippen LogP contribution < -0.4 is 9.64 Å². The summed E-state index contributed by atoms with van der Waals surface area (Å²) < 4.78 is 5.34. The Hall–Kier alpha value is -2.08. The molecular formula is C18H23N3O2S. The molecule has 1 fully saturated rings. The first-order valence-electron chi connectivity index (χ1n) is 8.17. The number of para-hydroxylation sites is 1. The number of anilines is 1. The zero-order valence-corrected chi connectivity index (χ0v) is 15.2.